The summed E-state index contributed by atoms with van der Waals surface area (Å²) in [4.78, 5) is 10.7. The smallest absolute Gasteiger partial charge is 0.404 e. The quantitative estimate of drug-likeness (QED) is 0.294. The van der Waals surface area contributed by atoms with Gasteiger partial charge in [-0.15, -0.1) is 25.6 Å². The molecule has 8 nitrogen and oxygen atoms in total. The van der Waals surface area contributed by atoms with Crippen molar-refractivity contribution in [1.82, 2.24) is 14.7 Å². The summed E-state index contributed by atoms with van der Waals surface area (Å²) in [5.41, 5.74) is 0.860. The Morgan fingerprint density at radius 2 is 1.67 bits per heavy atom. The van der Waals surface area contributed by atoms with Crippen molar-refractivity contribution >= 4 is 61.0 Å². The van der Waals surface area contributed by atoms with E-state index in [2.05, 4.69) is 40.7 Å². The van der Waals surface area contributed by atoms with E-state index in [0.717, 1.165) is 54.5 Å². The number of hydrogen-bond acceptors (Lipinski definition) is 7. The van der Waals surface area contributed by atoms with Gasteiger partial charge in [-0.3, -0.25) is 0 Å². The lowest BCUT2D eigenvalue weighted by atomic mass is 9.82. The Hall–Kier alpha value is -2.35. The summed E-state index contributed by atoms with van der Waals surface area (Å²) in [6.07, 6.45) is -1.66. The minimum absolute atomic E-state index is 0. The van der Waals surface area contributed by atoms with Gasteiger partial charge in [0.05, 0.1) is 5.52 Å². The van der Waals surface area contributed by atoms with Crippen LogP contribution in [0.25, 0.3) is 10.9 Å². The first-order valence-electron chi connectivity index (χ1n) is 12.1. The second-order valence-electron chi connectivity index (χ2n) is 9.54. The summed E-state index contributed by atoms with van der Waals surface area (Å²) in [5, 5.41) is 4.33. The van der Waals surface area contributed by atoms with E-state index >= 15 is 0 Å². The van der Waals surface area contributed by atoms with Crippen LogP contribution in [0.3, 0.4) is 0 Å². The molecule has 0 aliphatic heterocycles. The summed E-state index contributed by atoms with van der Waals surface area (Å²) in [6.45, 7) is 0.838. The maximum absolute atomic E-state index is 12.8. The summed E-state index contributed by atoms with van der Waals surface area (Å²) < 4.78 is 70.6. The second-order valence-corrected chi connectivity index (χ2v) is 12.2. The molecule has 14 heteroatoms. The maximum Gasteiger partial charge on any atom is 0.573 e. The van der Waals surface area contributed by atoms with Crippen LogP contribution in [0.15, 0.2) is 51.8 Å². The van der Waals surface area contributed by atoms with Crippen molar-refractivity contribution < 1.29 is 26.3 Å². The lowest BCUT2D eigenvalue weighted by molar-refractivity contribution is -0.275. The Labute approximate surface area is 240 Å². The Bertz CT molecular complexity index is 1390. The Morgan fingerprint density at radius 3 is 2.31 bits per heavy atom. The van der Waals surface area contributed by atoms with Crippen LogP contribution >= 0.6 is 28.3 Å². The zero-order chi connectivity index (χ0) is 27.5. The molecule has 1 aliphatic rings. The summed E-state index contributed by atoms with van der Waals surface area (Å²) in [5.74, 6) is 1.08. The van der Waals surface area contributed by atoms with Gasteiger partial charge in [-0.1, -0.05) is 28.1 Å². The van der Waals surface area contributed by atoms with E-state index < -0.39 is 27.0 Å². The number of alkyl halides is 3. The van der Waals surface area contributed by atoms with Gasteiger partial charge in [0.1, 0.15) is 10.7 Å². The minimum Gasteiger partial charge on any atom is -0.404 e. The van der Waals surface area contributed by atoms with Gasteiger partial charge in [0.2, 0.25) is 16.0 Å². The number of para-hydroxylation sites is 1. The Balaban J connectivity index is 0.00000420. The van der Waals surface area contributed by atoms with Crippen LogP contribution in [-0.2, 0) is 10.0 Å². The number of rotatable bonds is 9. The molecule has 1 fully saturated rings. The number of halogens is 5. The van der Waals surface area contributed by atoms with Gasteiger partial charge < -0.3 is 15.0 Å². The van der Waals surface area contributed by atoms with Gasteiger partial charge in [0, 0.05) is 37.0 Å². The highest BCUT2D eigenvalue weighted by Crippen LogP contribution is 2.33. The molecule has 1 saturated carbocycles. The third-order valence-corrected chi connectivity index (χ3v) is 8.46. The van der Waals surface area contributed by atoms with Crippen LogP contribution < -0.4 is 19.7 Å². The molecule has 0 unspecified atom stereocenters. The average Bonchev–Trinajstić information content (AvgIpc) is 2.85. The van der Waals surface area contributed by atoms with E-state index in [9.17, 15) is 21.6 Å². The molecule has 1 aliphatic carbocycles. The van der Waals surface area contributed by atoms with Crippen molar-refractivity contribution in [1.29, 1.82) is 0 Å². The number of anilines is 2. The fraction of sp³-hybridized carbons (Fsp3) is 0.440. The first kappa shape index (κ1) is 31.2. The standard InChI is InChI=1S/C25H29BrF3N5O3S.ClH/c1-34(2)23-19-5-3-4-6-20(19)32-24(33-23)30-14-16-7-9-17(10-8-16)15-31-38(35,36)22-12-11-18(26)13-21(22)37-25(27,28)29;/h3-6,11-13,16-17,31H,7-10,14-15H2,1-2H3,(H,30,32,33);1H. The largest absolute Gasteiger partial charge is 0.573 e. The Kier molecular flexibility index (Phi) is 10.3. The molecule has 214 valence electrons. The first-order valence-corrected chi connectivity index (χ1v) is 14.4. The SMILES string of the molecule is CN(C)c1nc(NCC2CCC(CNS(=O)(=O)c3ccc(Br)cc3OC(F)(F)F)CC2)nc2ccccc12.Cl. The van der Waals surface area contributed by atoms with Crippen molar-refractivity contribution in [2.45, 2.75) is 36.9 Å². The van der Waals surface area contributed by atoms with Gasteiger partial charge in [-0.05, 0) is 67.9 Å². The molecule has 1 aromatic heterocycles. The zero-order valence-electron chi connectivity index (χ0n) is 21.3. The number of sulfonamides is 1. The van der Waals surface area contributed by atoms with Crippen molar-refractivity contribution in [2.75, 3.05) is 37.4 Å². The summed E-state index contributed by atoms with van der Waals surface area (Å²) in [6, 6.07) is 11.3. The number of fused-ring (bicyclic) bond motifs is 1. The molecule has 2 N–H and O–H groups in total. The van der Waals surface area contributed by atoms with E-state index in [4.69, 9.17) is 0 Å². The highest BCUT2D eigenvalue weighted by atomic mass is 79.9. The van der Waals surface area contributed by atoms with Crippen molar-refractivity contribution in [3.63, 3.8) is 0 Å². The molecular weight excluding hydrogens is 623 g/mol. The predicted molar refractivity (Wildman–Crippen MR) is 151 cm³/mol. The van der Waals surface area contributed by atoms with Crippen LogP contribution in [0.4, 0.5) is 24.9 Å². The highest BCUT2D eigenvalue weighted by Gasteiger charge is 2.34. The highest BCUT2D eigenvalue weighted by molar-refractivity contribution is 9.10. The molecule has 4 rings (SSSR count). The summed E-state index contributed by atoms with van der Waals surface area (Å²) in [7, 11) is -0.318. The summed E-state index contributed by atoms with van der Waals surface area (Å²) >= 11 is 3.05. The zero-order valence-corrected chi connectivity index (χ0v) is 24.6. The van der Waals surface area contributed by atoms with Crippen LogP contribution in [0.5, 0.6) is 5.75 Å². The van der Waals surface area contributed by atoms with Gasteiger partial charge in [-0.2, -0.15) is 4.98 Å². The van der Waals surface area contributed by atoms with Crippen LogP contribution in [0.2, 0.25) is 0 Å². The van der Waals surface area contributed by atoms with Crippen molar-refractivity contribution in [2.24, 2.45) is 11.8 Å². The topological polar surface area (TPSA) is 96.5 Å². The van der Waals surface area contributed by atoms with Gasteiger partial charge in [0.15, 0.2) is 5.75 Å². The predicted octanol–water partition coefficient (Wildman–Crippen LogP) is 5.98. The molecule has 3 aromatic rings. The lowest BCUT2D eigenvalue weighted by Crippen LogP contribution is -2.33. The van der Waals surface area contributed by atoms with Gasteiger partial charge in [0.25, 0.3) is 0 Å². The second kappa shape index (κ2) is 12.9. The third-order valence-electron chi connectivity index (χ3n) is 6.50. The molecule has 0 amide bonds. The molecule has 0 bridgehead atoms. The number of aromatic nitrogens is 2. The van der Waals surface area contributed by atoms with Crippen LogP contribution in [-0.4, -0.2) is 51.9 Å². The van der Waals surface area contributed by atoms with E-state index in [0.29, 0.717) is 18.4 Å². The monoisotopic (exact) mass is 651 g/mol. The van der Waals surface area contributed by atoms with Crippen molar-refractivity contribution in [3.05, 3.63) is 46.9 Å². The normalized spacial score (nSPS) is 17.9. The molecule has 0 atom stereocenters. The minimum atomic E-state index is -5.01. The van der Waals surface area contributed by atoms with Gasteiger partial charge in [-0.25, -0.2) is 18.1 Å². The Morgan fingerprint density at radius 1 is 1.03 bits per heavy atom. The fourth-order valence-electron chi connectivity index (χ4n) is 4.57. The molecule has 0 radical (unpaired) electrons. The van der Waals surface area contributed by atoms with E-state index in [1.807, 2.05) is 43.3 Å². The van der Waals surface area contributed by atoms with Crippen LogP contribution in [0.1, 0.15) is 25.7 Å². The first-order chi connectivity index (χ1) is 17.9. The number of benzene rings is 2. The van der Waals surface area contributed by atoms with E-state index in [1.165, 1.54) is 6.07 Å². The maximum atomic E-state index is 12.8. The molecule has 1 heterocycles. The van der Waals surface area contributed by atoms with E-state index in [-0.39, 0.29) is 29.3 Å². The van der Waals surface area contributed by atoms with Gasteiger partial charge >= 0.3 is 6.36 Å². The number of ether oxygens (including phenoxy) is 1. The number of nitrogens with zero attached hydrogens (tertiary/aromatic N) is 3. The van der Waals surface area contributed by atoms with E-state index in [1.54, 1.807) is 0 Å². The molecule has 39 heavy (non-hydrogen) atoms. The van der Waals surface area contributed by atoms with Crippen LogP contribution in [0, 0.1) is 11.8 Å². The fourth-order valence-corrected chi connectivity index (χ4v) is 6.13. The molecular formula is C25H30BrClF3N5O3S. The number of nitrogens with one attached hydrogen (secondary N) is 2. The van der Waals surface area contributed by atoms with Crippen molar-refractivity contribution in [3.8, 4) is 5.75 Å². The lowest BCUT2D eigenvalue weighted by Gasteiger charge is -2.29. The molecule has 2 aromatic carbocycles. The molecule has 0 spiro atoms. The average molecular weight is 653 g/mol. The third kappa shape index (κ3) is 8.32. The number of hydrogen-bond donors (Lipinski definition) is 2. The molecule has 0 saturated heterocycles.